The van der Waals surface area contributed by atoms with Crippen molar-refractivity contribution in [2.24, 2.45) is 0 Å². The van der Waals surface area contributed by atoms with Crippen LogP contribution in [-0.2, 0) is 22.6 Å². The van der Waals surface area contributed by atoms with E-state index in [1.54, 1.807) is 6.92 Å². The lowest BCUT2D eigenvalue weighted by Crippen LogP contribution is -2.16. The number of ether oxygens (including phenoxy) is 2. The Labute approximate surface area is 163 Å². The van der Waals surface area contributed by atoms with Crippen LogP contribution in [-0.4, -0.2) is 13.1 Å². The molecule has 0 saturated heterocycles. The maximum Gasteiger partial charge on any atom is 0.340 e. The van der Waals surface area contributed by atoms with Crippen molar-refractivity contribution in [2.45, 2.75) is 20.0 Å². The summed E-state index contributed by atoms with van der Waals surface area (Å²) in [5.41, 5.74) is 0.388. The fraction of sp³-hybridized carbons (Fsp3) is 0.200. The van der Waals surface area contributed by atoms with Gasteiger partial charge in [-0.05, 0) is 30.7 Å². The van der Waals surface area contributed by atoms with Gasteiger partial charge in [0, 0.05) is 23.1 Å². The Morgan fingerprint density at radius 1 is 1.21 bits per heavy atom. The third-order valence-corrected chi connectivity index (χ3v) is 4.58. The number of carbonyl (C=O) groups excluding carboxylic acids is 1. The fourth-order valence-electron chi connectivity index (χ4n) is 2.72. The Morgan fingerprint density at radius 2 is 1.96 bits per heavy atom. The van der Waals surface area contributed by atoms with E-state index in [1.807, 2.05) is 0 Å². The van der Waals surface area contributed by atoms with Crippen LogP contribution in [0.1, 0.15) is 16.7 Å². The SMILES string of the molecule is COC(=O)Cc1c(C)c2cc(Cl)c(OCc3ccc(F)cc3F)cc2oc1=O. The molecule has 5 nitrogen and oxygen atoms in total. The van der Waals surface area contributed by atoms with Gasteiger partial charge in [-0.25, -0.2) is 13.6 Å². The zero-order valence-corrected chi connectivity index (χ0v) is 15.7. The molecule has 0 atom stereocenters. The molecule has 0 saturated carbocycles. The number of methoxy groups -OCH3 is 1. The molecule has 0 unspecified atom stereocenters. The van der Waals surface area contributed by atoms with Crippen LogP contribution in [0.25, 0.3) is 11.0 Å². The third kappa shape index (κ3) is 3.99. The molecule has 0 radical (unpaired) electrons. The molecule has 0 aliphatic rings. The summed E-state index contributed by atoms with van der Waals surface area (Å²) in [5.74, 6) is -1.83. The number of aryl methyl sites for hydroxylation is 1. The normalized spacial score (nSPS) is 10.9. The van der Waals surface area contributed by atoms with Crippen LogP contribution in [0.5, 0.6) is 5.75 Å². The minimum absolute atomic E-state index is 0.142. The van der Waals surface area contributed by atoms with Crippen LogP contribution >= 0.6 is 11.6 Å². The largest absolute Gasteiger partial charge is 0.487 e. The highest BCUT2D eigenvalue weighted by molar-refractivity contribution is 6.32. The molecule has 0 amide bonds. The van der Waals surface area contributed by atoms with Crippen LogP contribution in [0, 0.1) is 18.6 Å². The van der Waals surface area contributed by atoms with Gasteiger partial charge in [-0.1, -0.05) is 11.6 Å². The number of carbonyl (C=O) groups is 1. The summed E-state index contributed by atoms with van der Waals surface area (Å²) in [5, 5.41) is 0.736. The van der Waals surface area contributed by atoms with Gasteiger partial charge in [-0.2, -0.15) is 0 Å². The lowest BCUT2D eigenvalue weighted by atomic mass is 10.0. The van der Waals surface area contributed by atoms with Crippen LogP contribution in [0.15, 0.2) is 39.5 Å². The Morgan fingerprint density at radius 3 is 2.64 bits per heavy atom. The summed E-state index contributed by atoms with van der Waals surface area (Å²) in [4.78, 5) is 23.7. The third-order valence-electron chi connectivity index (χ3n) is 4.29. The van der Waals surface area contributed by atoms with Gasteiger partial charge in [0.05, 0.1) is 24.1 Å². The quantitative estimate of drug-likeness (QED) is 0.464. The Hall–Kier alpha value is -2.93. The summed E-state index contributed by atoms with van der Waals surface area (Å²) in [6, 6.07) is 6.09. The van der Waals surface area contributed by atoms with E-state index in [0.29, 0.717) is 10.9 Å². The monoisotopic (exact) mass is 408 g/mol. The van der Waals surface area contributed by atoms with E-state index in [2.05, 4.69) is 4.74 Å². The molecule has 0 aliphatic heterocycles. The number of fused-ring (bicyclic) bond motifs is 1. The van der Waals surface area contributed by atoms with E-state index >= 15 is 0 Å². The second-order valence-corrected chi connectivity index (χ2v) is 6.46. The predicted molar refractivity (Wildman–Crippen MR) is 98.6 cm³/mol. The topological polar surface area (TPSA) is 65.7 Å². The first-order valence-corrected chi connectivity index (χ1v) is 8.57. The highest BCUT2D eigenvalue weighted by atomic mass is 35.5. The predicted octanol–water partition coefficient (Wildman–Crippen LogP) is 4.33. The smallest absolute Gasteiger partial charge is 0.340 e. The summed E-state index contributed by atoms with van der Waals surface area (Å²) >= 11 is 6.24. The summed E-state index contributed by atoms with van der Waals surface area (Å²) in [6.45, 7) is 1.48. The average Bonchev–Trinajstić information content (AvgIpc) is 2.65. The van der Waals surface area contributed by atoms with Gasteiger partial charge in [-0.15, -0.1) is 0 Å². The minimum atomic E-state index is -0.744. The molecule has 3 aromatic rings. The van der Waals surface area contributed by atoms with Crippen molar-refractivity contribution in [3.63, 3.8) is 0 Å². The molecule has 8 heteroatoms. The van der Waals surface area contributed by atoms with Crippen LogP contribution < -0.4 is 10.4 Å². The van der Waals surface area contributed by atoms with Gasteiger partial charge < -0.3 is 13.9 Å². The summed E-state index contributed by atoms with van der Waals surface area (Å²) in [7, 11) is 1.23. The lowest BCUT2D eigenvalue weighted by molar-refractivity contribution is -0.139. The van der Waals surface area contributed by atoms with Crippen molar-refractivity contribution < 1.29 is 27.5 Å². The van der Waals surface area contributed by atoms with Crippen LogP contribution in [0.3, 0.4) is 0 Å². The summed E-state index contributed by atoms with van der Waals surface area (Å²) in [6.07, 6.45) is -0.222. The number of hydrogen-bond acceptors (Lipinski definition) is 5. The maximum atomic E-state index is 13.7. The molecule has 0 bridgehead atoms. The zero-order chi connectivity index (χ0) is 20.4. The number of esters is 1. The van der Waals surface area contributed by atoms with Crippen molar-refractivity contribution in [3.8, 4) is 5.75 Å². The first-order valence-electron chi connectivity index (χ1n) is 8.19. The second kappa shape index (κ2) is 7.98. The van der Waals surface area contributed by atoms with E-state index in [-0.39, 0.29) is 40.5 Å². The average molecular weight is 409 g/mol. The van der Waals surface area contributed by atoms with E-state index in [9.17, 15) is 18.4 Å². The van der Waals surface area contributed by atoms with E-state index in [4.69, 9.17) is 20.8 Å². The van der Waals surface area contributed by atoms with E-state index < -0.39 is 23.2 Å². The number of hydrogen-bond donors (Lipinski definition) is 0. The molecule has 28 heavy (non-hydrogen) atoms. The summed E-state index contributed by atoms with van der Waals surface area (Å²) < 4.78 is 42.1. The van der Waals surface area contributed by atoms with E-state index in [1.165, 1.54) is 25.3 Å². The van der Waals surface area contributed by atoms with Gasteiger partial charge in [0.25, 0.3) is 0 Å². The van der Waals surface area contributed by atoms with Crippen molar-refractivity contribution in [1.29, 1.82) is 0 Å². The Bertz CT molecular complexity index is 1120. The first kappa shape index (κ1) is 19.8. The van der Waals surface area contributed by atoms with E-state index in [0.717, 1.165) is 12.1 Å². The highest BCUT2D eigenvalue weighted by Crippen LogP contribution is 2.32. The fourth-order valence-corrected chi connectivity index (χ4v) is 2.93. The standard InChI is InChI=1S/C20H15ClF2O5/c1-10-13-6-15(21)18(27-9-11-3-4-12(22)5-16(11)23)8-17(13)28-20(25)14(10)7-19(24)26-2/h3-6,8H,7,9H2,1-2H3. The lowest BCUT2D eigenvalue weighted by Gasteiger charge is -2.12. The second-order valence-electron chi connectivity index (χ2n) is 6.05. The molecule has 0 N–H and O–H groups in total. The Balaban J connectivity index is 1.95. The molecule has 2 aromatic carbocycles. The number of rotatable bonds is 5. The first-order chi connectivity index (χ1) is 13.3. The van der Waals surface area contributed by atoms with Gasteiger partial charge in [-0.3, -0.25) is 4.79 Å². The Kier molecular flexibility index (Phi) is 5.65. The van der Waals surface area contributed by atoms with Crippen LogP contribution in [0.4, 0.5) is 8.78 Å². The van der Waals surface area contributed by atoms with Crippen LogP contribution in [0.2, 0.25) is 5.02 Å². The highest BCUT2D eigenvalue weighted by Gasteiger charge is 2.17. The van der Waals surface area contributed by atoms with Gasteiger partial charge in [0.1, 0.15) is 29.6 Å². The van der Waals surface area contributed by atoms with Crippen molar-refractivity contribution >= 4 is 28.5 Å². The maximum absolute atomic E-state index is 13.7. The zero-order valence-electron chi connectivity index (χ0n) is 15.0. The molecular weight excluding hydrogens is 394 g/mol. The molecule has 0 aliphatic carbocycles. The van der Waals surface area contributed by atoms with Crippen molar-refractivity contribution in [2.75, 3.05) is 7.11 Å². The minimum Gasteiger partial charge on any atom is -0.487 e. The van der Waals surface area contributed by atoms with Gasteiger partial charge in [0.15, 0.2) is 0 Å². The molecule has 1 heterocycles. The molecule has 3 rings (SSSR count). The molecule has 146 valence electrons. The number of benzene rings is 2. The number of halogens is 3. The van der Waals surface area contributed by atoms with Crippen molar-refractivity contribution in [3.05, 3.63) is 74.1 Å². The van der Waals surface area contributed by atoms with Crippen molar-refractivity contribution in [1.82, 2.24) is 0 Å². The molecule has 0 spiro atoms. The van der Waals surface area contributed by atoms with Gasteiger partial charge in [0.2, 0.25) is 0 Å². The van der Waals surface area contributed by atoms with Gasteiger partial charge >= 0.3 is 11.6 Å². The molecule has 0 fully saturated rings. The molecule has 1 aromatic heterocycles. The molecular formula is C20H15ClF2O5.